The molecule has 2 aromatic carbocycles. The summed E-state index contributed by atoms with van der Waals surface area (Å²) in [7, 11) is 0. The number of hydrogen-bond donors (Lipinski definition) is 1. The van der Waals surface area contributed by atoms with E-state index in [9.17, 15) is 30.7 Å². The highest BCUT2D eigenvalue weighted by molar-refractivity contribution is 6.30. The summed E-state index contributed by atoms with van der Waals surface area (Å²) in [5, 5.41) is 3.29. The molecule has 0 bridgehead atoms. The van der Waals surface area contributed by atoms with Crippen molar-refractivity contribution in [2.45, 2.75) is 24.8 Å². The molecule has 0 aromatic heterocycles. The van der Waals surface area contributed by atoms with Gasteiger partial charge in [0.2, 0.25) is 0 Å². The van der Waals surface area contributed by atoms with Gasteiger partial charge in [-0.1, -0.05) is 35.9 Å². The van der Waals surface area contributed by atoms with Crippen LogP contribution in [0.2, 0.25) is 5.02 Å². The van der Waals surface area contributed by atoms with Crippen LogP contribution < -0.4 is 10.2 Å². The number of rotatable bonds is 7. The van der Waals surface area contributed by atoms with E-state index in [1.807, 2.05) is 0 Å². The first-order valence-electron chi connectivity index (χ1n) is 7.52. The van der Waals surface area contributed by atoms with Gasteiger partial charge in [-0.15, -0.1) is 0 Å². The van der Waals surface area contributed by atoms with Crippen molar-refractivity contribution < 1.29 is 35.5 Å². The highest BCUT2D eigenvalue weighted by Crippen LogP contribution is 2.44. The molecule has 0 heterocycles. The number of alkyl halides is 7. The minimum absolute atomic E-state index is 0.127. The van der Waals surface area contributed by atoms with Crippen LogP contribution in [0.3, 0.4) is 0 Å². The monoisotopic (exact) mass is 428 g/mol. The fourth-order valence-electron chi connectivity index (χ4n) is 1.91. The van der Waals surface area contributed by atoms with Crippen molar-refractivity contribution in [1.82, 2.24) is 5.43 Å². The number of ether oxygens (including phenoxy) is 1. The second-order valence-electron chi connectivity index (χ2n) is 5.51. The van der Waals surface area contributed by atoms with E-state index >= 15 is 0 Å². The van der Waals surface area contributed by atoms with Gasteiger partial charge in [0.25, 0.3) is 0 Å². The third kappa shape index (κ3) is 5.28. The molecule has 2 aromatic rings. The van der Waals surface area contributed by atoms with Gasteiger partial charge in [0.15, 0.2) is 0 Å². The summed E-state index contributed by atoms with van der Waals surface area (Å²) in [5.41, 5.74) is 1.43. The summed E-state index contributed by atoms with van der Waals surface area (Å²) in [6, 6.07) is 6.86. The lowest BCUT2D eigenvalue weighted by molar-refractivity contribution is -0.361. The van der Waals surface area contributed by atoms with Crippen molar-refractivity contribution in [1.29, 1.82) is 0 Å². The molecule has 152 valence electrons. The number of halogens is 8. The van der Waals surface area contributed by atoms with Crippen LogP contribution >= 0.6 is 11.6 Å². The van der Waals surface area contributed by atoms with Crippen LogP contribution in [0.25, 0.3) is 0 Å². The molecular formula is C17H12ClF7N2O. The number of hydrazone groups is 1. The Kier molecular flexibility index (Phi) is 6.43. The van der Waals surface area contributed by atoms with E-state index in [-0.39, 0.29) is 17.9 Å². The Bertz CT molecular complexity index is 840. The SMILES string of the molecule is FC(F)(F)C(F)(F)C(F)(F)N/N=C\c1cccc(OCc2cccc(Cl)c2)c1. The predicted octanol–water partition coefficient (Wildman–Crippen LogP) is 5.63. The summed E-state index contributed by atoms with van der Waals surface area (Å²) in [6.45, 7) is 0.134. The lowest BCUT2D eigenvalue weighted by Crippen LogP contribution is -2.58. The van der Waals surface area contributed by atoms with Crippen LogP contribution in [0.15, 0.2) is 53.6 Å². The Balaban J connectivity index is 2.02. The van der Waals surface area contributed by atoms with Crippen molar-refractivity contribution in [3.8, 4) is 5.75 Å². The highest BCUT2D eigenvalue weighted by Gasteiger charge is 2.73. The summed E-state index contributed by atoms with van der Waals surface area (Å²) in [6.07, 6.45) is -5.78. The van der Waals surface area contributed by atoms with E-state index < -0.39 is 18.1 Å². The van der Waals surface area contributed by atoms with Crippen molar-refractivity contribution in [2.75, 3.05) is 0 Å². The van der Waals surface area contributed by atoms with Gasteiger partial charge in [0, 0.05) is 5.02 Å². The molecule has 0 aliphatic heterocycles. The first-order valence-corrected chi connectivity index (χ1v) is 7.90. The molecular weight excluding hydrogens is 417 g/mol. The van der Waals surface area contributed by atoms with Crippen molar-refractivity contribution in [3.05, 3.63) is 64.7 Å². The smallest absolute Gasteiger partial charge is 0.462 e. The van der Waals surface area contributed by atoms with Crippen LogP contribution in [-0.2, 0) is 6.61 Å². The van der Waals surface area contributed by atoms with E-state index in [0.29, 0.717) is 16.7 Å². The topological polar surface area (TPSA) is 33.6 Å². The van der Waals surface area contributed by atoms with Crippen molar-refractivity contribution in [3.63, 3.8) is 0 Å². The fourth-order valence-corrected chi connectivity index (χ4v) is 2.13. The van der Waals surface area contributed by atoms with E-state index in [1.54, 1.807) is 24.3 Å². The number of benzene rings is 2. The maximum atomic E-state index is 13.1. The summed E-state index contributed by atoms with van der Waals surface area (Å²) in [4.78, 5) is 0. The summed E-state index contributed by atoms with van der Waals surface area (Å²) in [5.74, 6) is -6.00. The molecule has 0 fully saturated rings. The van der Waals surface area contributed by atoms with Crippen LogP contribution in [0.1, 0.15) is 11.1 Å². The van der Waals surface area contributed by atoms with Gasteiger partial charge >= 0.3 is 18.1 Å². The molecule has 1 N–H and O–H groups in total. The molecule has 11 heteroatoms. The zero-order chi connectivity index (χ0) is 21.0. The maximum absolute atomic E-state index is 13.1. The average molecular weight is 429 g/mol. The minimum Gasteiger partial charge on any atom is -0.489 e. The quantitative estimate of drug-likeness (QED) is 0.268. The summed E-state index contributed by atoms with van der Waals surface area (Å²) < 4.78 is 93.3. The van der Waals surface area contributed by atoms with Crippen LogP contribution in [-0.4, -0.2) is 24.4 Å². The molecule has 0 spiro atoms. The second-order valence-corrected chi connectivity index (χ2v) is 5.94. The molecule has 2 rings (SSSR count). The van der Waals surface area contributed by atoms with Gasteiger partial charge in [0.05, 0.1) is 6.21 Å². The summed E-state index contributed by atoms with van der Waals surface area (Å²) >= 11 is 5.84. The van der Waals surface area contributed by atoms with Gasteiger partial charge in [-0.2, -0.15) is 35.8 Å². The Labute approximate surface area is 159 Å². The Hall–Kier alpha value is -2.49. The maximum Gasteiger partial charge on any atom is 0.462 e. The van der Waals surface area contributed by atoms with Gasteiger partial charge in [-0.3, -0.25) is 0 Å². The molecule has 0 aliphatic carbocycles. The van der Waals surface area contributed by atoms with Crippen molar-refractivity contribution in [2.24, 2.45) is 5.10 Å². The lowest BCUT2D eigenvalue weighted by atomic mass is 10.2. The lowest BCUT2D eigenvalue weighted by Gasteiger charge is -2.27. The molecule has 0 saturated heterocycles. The van der Waals surface area contributed by atoms with Crippen molar-refractivity contribution >= 4 is 17.8 Å². The average Bonchev–Trinajstić information content (AvgIpc) is 2.59. The zero-order valence-electron chi connectivity index (χ0n) is 13.8. The van der Waals surface area contributed by atoms with Crippen LogP contribution in [0.5, 0.6) is 5.75 Å². The molecule has 0 saturated carbocycles. The minimum atomic E-state index is -6.44. The number of nitrogens with one attached hydrogen (secondary N) is 1. The van der Waals surface area contributed by atoms with Crippen LogP contribution in [0, 0.1) is 0 Å². The predicted molar refractivity (Wildman–Crippen MR) is 88.9 cm³/mol. The molecule has 0 amide bonds. The fraction of sp³-hybridized carbons (Fsp3) is 0.235. The molecule has 0 atom stereocenters. The van der Waals surface area contributed by atoms with Gasteiger partial charge in [0.1, 0.15) is 12.4 Å². The van der Waals surface area contributed by atoms with E-state index in [0.717, 1.165) is 5.56 Å². The van der Waals surface area contributed by atoms with E-state index in [4.69, 9.17) is 16.3 Å². The highest BCUT2D eigenvalue weighted by atomic mass is 35.5. The standard InChI is InChI=1S/C17H12ClF7N2O/c18-13-5-1-4-12(7-13)10-28-14-6-2-3-11(8-14)9-26-27-17(24,25)15(19,20)16(21,22)23/h1-9,27H,10H2/b26-9-. The Morgan fingerprint density at radius 3 is 2.29 bits per heavy atom. The van der Waals surface area contributed by atoms with E-state index in [2.05, 4.69) is 5.10 Å². The van der Waals surface area contributed by atoms with E-state index in [1.165, 1.54) is 24.3 Å². The molecule has 0 radical (unpaired) electrons. The molecule has 0 aliphatic rings. The zero-order valence-corrected chi connectivity index (χ0v) is 14.5. The Morgan fingerprint density at radius 1 is 0.964 bits per heavy atom. The molecule has 28 heavy (non-hydrogen) atoms. The van der Waals surface area contributed by atoms with Gasteiger partial charge in [-0.25, -0.2) is 5.43 Å². The third-order valence-corrected chi connectivity index (χ3v) is 3.56. The van der Waals surface area contributed by atoms with Crippen LogP contribution in [0.4, 0.5) is 30.7 Å². The second kappa shape index (κ2) is 8.26. The number of hydrogen-bond acceptors (Lipinski definition) is 3. The van der Waals surface area contributed by atoms with Gasteiger partial charge in [-0.05, 0) is 35.4 Å². The number of nitrogens with zero attached hydrogens (tertiary/aromatic N) is 1. The first kappa shape index (κ1) is 21.8. The first-order chi connectivity index (χ1) is 12.9. The third-order valence-electron chi connectivity index (χ3n) is 3.32. The normalized spacial score (nSPS) is 13.0. The molecule has 3 nitrogen and oxygen atoms in total. The van der Waals surface area contributed by atoms with Gasteiger partial charge < -0.3 is 4.74 Å². The Morgan fingerprint density at radius 2 is 1.64 bits per heavy atom. The largest absolute Gasteiger partial charge is 0.489 e. The molecule has 0 unspecified atom stereocenters.